The van der Waals surface area contributed by atoms with E-state index in [9.17, 15) is 0 Å². The highest BCUT2D eigenvalue weighted by molar-refractivity contribution is 8.06. The van der Waals surface area contributed by atoms with E-state index in [0.717, 1.165) is 5.75 Å². The monoisotopic (exact) mass is 190 g/mol. The summed E-state index contributed by atoms with van der Waals surface area (Å²) in [6, 6.07) is 0. The molecule has 1 aliphatic heterocycles. The highest BCUT2D eigenvalue weighted by Gasteiger charge is 2.15. The Kier molecular flexibility index (Phi) is 3.82. The summed E-state index contributed by atoms with van der Waals surface area (Å²) in [5.74, 6) is 1.08. The van der Waals surface area contributed by atoms with E-state index in [0.29, 0.717) is 10.7 Å². The van der Waals surface area contributed by atoms with Gasteiger partial charge in [0.25, 0.3) is 0 Å². The third-order valence-electron chi connectivity index (χ3n) is 1.55. The fourth-order valence-corrected chi connectivity index (χ4v) is 3.33. The van der Waals surface area contributed by atoms with Crippen LogP contribution in [0.15, 0.2) is 11.0 Å². The number of methoxy groups -OCH3 is 1. The van der Waals surface area contributed by atoms with Crippen molar-refractivity contribution in [2.75, 3.05) is 12.9 Å². The average Bonchev–Trinajstić information content (AvgIpc) is 2.11. The van der Waals surface area contributed by atoms with Gasteiger partial charge in [0, 0.05) is 18.1 Å². The molecule has 0 aromatic rings. The zero-order valence-corrected chi connectivity index (χ0v) is 8.80. The molecule has 0 spiro atoms. The first-order chi connectivity index (χ1) is 5.22. The summed E-state index contributed by atoms with van der Waals surface area (Å²) in [5.41, 5.74) is 0.365. The van der Waals surface area contributed by atoms with Crippen molar-refractivity contribution >= 4 is 23.5 Å². The van der Waals surface area contributed by atoms with Gasteiger partial charge < -0.3 is 4.74 Å². The summed E-state index contributed by atoms with van der Waals surface area (Å²) in [4.78, 5) is 1.42. The maximum absolute atomic E-state index is 5.30. The molecule has 0 radical (unpaired) electrons. The van der Waals surface area contributed by atoms with Crippen LogP contribution in [0.1, 0.15) is 13.8 Å². The molecule has 1 aliphatic rings. The van der Waals surface area contributed by atoms with Crippen LogP contribution in [0.25, 0.3) is 0 Å². The Morgan fingerprint density at radius 3 is 3.00 bits per heavy atom. The van der Waals surface area contributed by atoms with Crippen molar-refractivity contribution in [1.29, 1.82) is 0 Å². The number of rotatable bonds is 1. The lowest BCUT2D eigenvalue weighted by molar-refractivity contribution is 0.191. The van der Waals surface area contributed by atoms with Gasteiger partial charge in [0.2, 0.25) is 0 Å². The first-order valence-corrected chi connectivity index (χ1v) is 5.64. The Labute approximate surface area is 77.0 Å². The summed E-state index contributed by atoms with van der Waals surface area (Å²) >= 11 is 3.78. The van der Waals surface area contributed by atoms with Crippen molar-refractivity contribution < 1.29 is 4.74 Å². The molecular weight excluding hydrogens is 176 g/mol. The fraction of sp³-hybridized carbons (Fsp3) is 0.750. The van der Waals surface area contributed by atoms with Crippen LogP contribution in [0.2, 0.25) is 0 Å². The van der Waals surface area contributed by atoms with Crippen molar-refractivity contribution in [2.45, 2.75) is 24.5 Å². The molecular formula is C8H14OS2. The lowest BCUT2D eigenvalue weighted by Crippen LogP contribution is -2.10. The number of ether oxygens (including phenoxy) is 1. The predicted octanol–water partition coefficient (Wildman–Crippen LogP) is 2.73. The maximum Gasteiger partial charge on any atom is 0.112 e. The second-order valence-corrected chi connectivity index (χ2v) is 5.40. The molecule has 2 unspecified atom stereocenters. The Morgan fingerprint density at radius 1 is 1.64 bits per heavy atom. The van der Waals surface area contributed by atoms with Gasteiger partial charge >= 0.3 is 0 Å². The molecule has 0 amide bonds. The molecule has 0 aromatic carbocycles. The van der Waals surface area contributed by atoms with Crippen LogP contribution >= 0.6 is 23.5 Å². The Morgan fingerprint density at radius 2 is 2.36 bits per heavy atom. The fourth-order valence-electron chi connectivity index (χ4n) is 1.02. The van der Waals surface area contributed by atoms with Crippen LogP contribution in [0, 0.1) is 0 Å². The zero-order chi connectivity index (χ0) is 8.27. The Bertz CT molecular complexity index is 156. The van der Waals surface area contributed by atoms with Gasteiger partial charge in [-0.05, 0) is 18.8 Å². The molecule has 0 fully saturated rings. The molecule has 1 heterocycles. The van der Waals surface area contributed by atoms with E-state index < -0.39 is 0 Å². The van der Waals surface area contributed by atoms with Crippen molar-refractivity contribution in [3.63, 3.8) is 0 Å². The van der Waals surface area contributed by atoms with Crippen molar-refractivity contribution in [3.8, 4) is 0 Å². The molecule has 3 heteroatoms. The standard InChI is InChI=1S/C8H14OS2/c1-6-4-7(2)11-8(9-3)5-10-6/h4,7-8H,5H2,1-3H3. The smallest absolute Gasteiger partial charge is 0.112 e. The highest BCUT2D eigenvalue weighted by Crippen LogP contribution is 2.31. The van der Waals surface area contributed by atoms with Crippen LogP contribution in [0.4, 0.5) is 0 Å². The van der Waals surface area contributed by atoms with Crippen molar-refractivity contribution in [1.82, 2.24) is 0 Å². The van der Waals surface area contributed by atoms with E-state index in [2.05, 4.69) is 19.9 Å². The van der Waals surface area contributed by atoms with Crippen LogP contribution < -0.4 is 0 Å². The largest absolute Gasteiger partial charge is 0.370 e. The van der Waals surface area contributed by atoms with E-state index in [4.69, 9.17) is 4.74 Å². The van der Waals surface area contributed by atoms with Crippen molar-refractivity contribution in [2.24, 2.45) is 0 Å². The molecule has 64 valence electrons. The molecule has 0 N–H and O–H groups in total. The van der Waals surface area contributed by atoms with E-state index in [-0.39, 0.29) is 0 Å². The normalized spacial score (nSPS) is 32.8. The Balaban J connectivity index is 2.50. The second-order valence-electron chi connectivity index (χ2n) is 2.59. The first-order valence-electron chi connectivity index (χ1n) is 3.72. The van der Waals surface area contributed by atoms with Crippen LogP contribution in [0.5, 0.6) is 0 Å². The van der Waals surface area contributed by atoms with Crippen LogP contribution in [-0.4, -0.2) is 23.5 Å². The van der Waals surface area contributed by atoms with Gasteiger partial charge in [0.05, 0.1) is 0 Å². The van der Waals surface area contributed by atoms with Gasteiger partial charge in [0.15, 0.2) is 0 Å². The van der Waals surface area contributed by atoms with Gasteiger partial charge in [-0.2, -0.15) is 0 Å². The van der Waals surface area contributed by atoms with Gasteiger partial charge in [-0.3, -0.25) is 0 Å². The first kappa shape index (κ1) is 9.49. The molecule has 1 rings (SSSR count). The third-order valence-corrected chi connectivity index (χ3v) is 4.05. The summed E-state index contributed by atoms with van der Waals surface area (Å²) in [6.07, 6.45) is 2.30. The van der Waals surface area contributed by atoms with Crippen LogP contribution in [0.3, 0.4) is 0 Å². The summed E-state index contributed by atoms with van der Waals surface area (Å²) in [5, 5.41) is 0.593. The topological polar surface area (TPSA) is 9.23 Å². The van der Waals surface area contributed by atoms with E-state index in [1.165, 1.54) is 4.91 Å². The minimum absolute atomic E-state index is 0.365. The number of thioether (sulfide) groups is 2. The number of allylic oxidation sites excluding steroid dienone is 1. The molecule has 0 bridgehead atoms. The molecule has 11 heavy (non-hydrogen) atoms. The van der Waals surface area contributed by atoms with E-state index in [1.54, 1.807) is 7.11 Å². The van der Waals surface area contributed by atoms with Gasteiger partial charge in [0.1, 0.15) is 5.44 Å². The lowest BCUT2D eigenvalue weighted by Gasteiger charge is -2.13. The average molecular weight is 190 g/mol. The SMILES string of the molecule is COC1CSC(C)=CC(C)S1. The minimum Gasteiger partial charge on any atom is -0.370 e. The van der Waals surface area contributed by atoms with E-state index in [1.807, 2.05) is 23.5 Å². The summed E-state index contributed by atoms with van der Waals surface area (Å²) in [6.45, 7) is 4.38. The number of hydrogen-bond acceptors (Lipinski definition) is 3. The summed E-state index contributed by atoms with van der Waals surface area (Å²) < 4.78 is 5.30. The highest BCUT2D eigenvalue weighted by atomic mass is 32.2. The Hall–Kier alpha value is 0.400. The summed E-state index contributed by atoms with van der Waals surface area (Å²) in [7, 11) is 1.78. The minimum atomic E-state index is 0.365. The molecule has 2 atom stereocenters. The quantitative estimate of drug-likeness (QED) is 0.629. The van der Waals surface area contributed by atoms with Gasteiger partial charge in [-0.25, -0.2) is 0 Å². The zero-order valence-electron chi connectivity index (χ0n) is 7.16. The van der Waals surface area contributed by atoms with Crippen molar-refractivity contribution in [3.05, 3.63) is 11.0 Å². The van der Waals surface area contributed by atoms with Gasteiger partial charge in [-0.1, -0.05) is 6.08 Å². The maximum atomic E-state index is 5.30. The number of hydrogen-bond donors (Lipinski definition) is 0. The molecule has 0 aromatic heterocycles. The second kappa shape index (κ2) is 4.43. The third kappa shape index (κ3) is 3.09. The van der Waals surface area contributed by atoms with Crippen LogP contribution in [-0.2, 0) is 4.74 Å². The molecule has 0 saturated heterocycles. The van der Waals surface area contributed by atoms with E-state index >= 15 is 0 Å². The molecule has 0 saturated carbocycles. The predicted molar refractivity (Wildman–Crippen MR) is 54.1 cm³/mol. The molecule has 0 aliphatic carbocycles. The lowest BCUT2D eigenvalue weighted by atomic mass is 10.4. The van der Waals surface area contributed by atoms with Gasteiger partial charge in [-0.15, -0.1) is 23.5 Å². The molecule has 1 nitrogen and oxygen atoms in total.